The second kappa shape index (κ2) is 7.06. The van der Waals surface area contributed by atoms with Crippen molar-refractivity contribution in [3.05, 3.63) is 89.5 Å². The maximum Gasteiger partial charge on any atom is 0.123 e. The van der Waals surface area contributed by atoms with Crippen LogP contribution in [-0.2, 0) is 0 Å². The predicted octanol–water partition coefficient (Wildman–Crippen LogP) is 6.07. The Labute approximate surface area is 160 Å². The van der Waals surface area contributed by atoms with Gasteiger partial charge in [0.25, 0.3) is 0 Å². The number of aromatic amines is 1. The number of nitrogens with one attached hydrogen (secondary N) is 1. The summed E-state index contributed by atoms with van der Waals surface area (Å²) in [5.41, 5.74) is 5.20. The van der Waals surface area contributed by atoms with Gasteiger partial charge in [0.05, 0.1) is 17.0 Å². The number of rotatable bonds is 3. The average Bonchev–Trinajstić information content (AvgIpc) is 3.09. The Morgan fingerprint density at radius 2 is 1.41 bits per heavy atom. The number of halogens is 2. The molecule has 0 radical (unpaired) electrons. The van der Waals surface area contributed by atoms with Crippen molar-refractivity contribution in [1.29, 1.82) is 5.26 Å². The van der Waals surface area contributed by atoms with Crippen LogP contribution in [0.15, 0.2) is 73.1 Å². The highest BCUT2D eigenvalue weighted by Crippen LogP contribution is 2.40. The molecule has 0 atom stereocenters. The standard InChI is InChI=1S/C22H13ClFN3/c23-17-5-1-15(2-6-17)21-19(13-25)20(14-3-7-18(24)8-4-14)22(27-21)16-9-11-26-12-10-16/h1-12,27H. The van der Waals surface area contributed by atoms with Crippen molar-refractivity contribution in [3.63, 3.8) is 0 Å². The van der Waals surface area contributed by atoms with Crippen LogP contribution in [0.5, 0.6) is 0 Å². The molecule has 0 fully saturated rings. The number of pyridine rings is 1. The minimum atomic E-state index is -0.323. The lowest BCUT2D eigenvalue weighted by atomic mass is 9.96. The molecule has 3 nitrogen and oxygen atoms in total. The third-order valence-corrected chi connectivity index (χ3v) is 4.60. The minimum Gasteiger partial charge on any atom is -0.353 e. The first-order valence-corrected chi connectivity index (χ1v) is 8.63. The molecule has 0 saturated heterocycles. The second-order valence-corrected chi connectivity index (χ2v) is 6.42. The Bertz CT molecular complexity index is 1130. The van der Waals surface area contributed by atoms with E-state index in [9.17, 15) is 9.65 Å². The van der Waals surface area contributed by atoms with Gasteiger partial charge in [-0.2, -0.15) is 5.26 Å². The van der Waals surface area contributed by atoms with Gasteiger partial charge in [0, 0.05) is 28.5 Å². The van der Waals surface area contributed by atoms with Gasteiger partial charge >= 0.3 is 0 Å². The van der Waals surface area contributed by atoms with E-state index < -0.39 is 0 Å². The summed E-state index contributed by atoms with van der Waals surface area (Å²) in [6.07, 6.45) is 3.39. The molecule has 27 heavy (non-hydrogen) atoms. The molecule has 130 valence electrons. The topological polar surface area (TPSA) is 52.5 Å². The van der Waals surface area contributed by atoms with E-state index in [1.54, 1.807) is 36.7 Å². The molecule has 4 aromatic rings. The van der Waals surface area contributed by atoms with E-state index in [0.717, 1.165) is 27.9 Å². The molecule has 2 aromatic heterocycles. The lowest BCUT2D eigenvalue weighted by Crippen LogP contribution is -1.86. The number of H-pyrrole nitrogens is 1. The fourth-order valence-electron chi connectivity index (χ4n) is 3.09. The maximum atomic E-state index is 13.4. The third-order valence-electron chi connectivity index (χ3n) is 4.35. The summed E-state index contributed by atoms with van der Waals surface area (Å²) in [6, 6.07) is 19.5. The van der Waals surface area contributed by atoms with Gasteiger partial charge in [0.2, 0.25) is 0 Å². The molecule has 5 heteroatoms. The molecular weight excluding hydrogens is 361 g/mol. The molecule has 0 unspecified atom stereocenters. The van der Waals surface area contributed by atoms with E-state index in [4.69, 9.17) is 11.6 Å². The highest BCUT2D eigenvalue weighted by molar-refractivity contribution is 6.30. The second-order valence-electron chi connectivity index (χ2n) is 5.99. The summed E-state index contributed by atoms with van der Waals surface area (Å²) < 4.78 is 13.4. The van der Waals surface area contributed by atoms with Crippen LogP contribution >= 0.6 is 11.6 Å². The van der Waals surface area contributed by atoms with Gasteiger partial charge in [-0.15, -0.1) is 0 Å². The summed E-state index contributed by atoms with van der Waals surface area (Å²) in [5, 5.41) is 10.5. The zero-order valence-corrected chi connectivity index (χ0v) is 14.8. The summed E-state index contributed by atoms with van der Waals surface area (Å²) in [7, 11) is 0. The van der Waals surface area contributed by atoms with E-state index in [1.165, 1.54) is 12.1 Å². The summed E-state index contributed by atoms with van der Waals surface area (Å²) in [4.78, 5) is 7.44. The van der Waals surface area contributed by atoms with Gasteiger partial charge in [-0.05, 0) is 47.5 Å². The number of aromatic nitrogens is 2. The zero-order valence-electron chi connectivity index (χ0n) is 14.1. The monoisotopic (exact) mass is 373 g/mol. The van der Waals surface area contributed by atoms with Gasteiger partial charge < -0.3 is 4.98 Å². The Balaban J connectivity index is 2.01. The number of benzene rings is 2. The third kappa shape index (κ3) is 3.21. The van der Waals surface area contributed by atoms with Crippen LogP contribution in [0.1, 0.15) is 5.56 Å². The summed E-state index contributed by atoms with van der Waals surface area (Å²) in [6.45, 7) is 0. The van der Waals surface area contributed by atoms with Gasteiger partial charge in [-0.25, -0.2) is 4.39 Å². The molecule has 0 aliphatic carbocycles. The smallest absolute Gasteiger partial charge is 0.123 e. The van der Waals surface area contributed by atoms with Gasteiger partial charge in [0.15, 0.2) is 0 Å². The van der Waals surface area contributed by atoms with Crippen LogP contribution in [-0.4, -0.2) is 9.97 Å². The van der Waals surface area contributed by atoms with E-state index >= 15 is 0 Å². The highest BCUT2D eigenvalue weighted by Gasteiger charge is 2.21. The van der Waals surface area contributed by atoms with Crippen molar-refractivity contribution in [3.8, 4) is 39.7 Å². The Hall–Kier alpha value is -3.42. The Kier molecular flexibility index (Phi) is 4.45. The molecule has 2 aromatic carbocycles. The highest BCUT2D eigenvalue weighted by atomic mass is 35.5. The fourth-order valence-corrected chi connectivity index (χ4v) is 3.21. The summed E-state index contributed by atoms with van der Waals surface area (Å²) >= 11 is 6.00. The molecule has 0 amide bonds. The van der Waals surface area contributed by atoms with Crippen molar-refractivity contribution in [1.82, 2.24) is 9.97 Å². The van der Waals surface area contributed by atoms with E-state index in [1.807, 2.05) is 24.3 Å². The molecule has 1 N–H and O–H groups in total. The van der Waals surface area contributed by atoms with Crippen LogP contribution < -0.4 is 0 Å². The number of nitrogens with zero attached hydrogens (tertiary/aromatic N) is 2. The van der Waals surface area contributed by atoms with Crippen molar-refractivity contribution < 1.29 is 4.39 Å². The van der Waals surface area contributed by atoms with E-state index in [2.05, 4.69) is 16.0 Å². The minimum absolute atomic E-state index is 0.323. The Morgan fingerprint density at radius 1 is 0.815 bits per heavy atom. The van der Waals surface area contributed by atoms with Crippen LogP contribution in [0, 0.1) is 17.1 Å². The fraction of sp³-hybridized carbons (Fsp3) is 0. The molecule has 2 heterocycles. The normalized spacial score (nSPS) is 10.6. The number of hydrogen-bond donors (Lipinski definition) is 1. The first-order valence-electron chi connectivity index (χ1n) is 8.25. The van der Waals surface area contributed by atoms with E-state index in [0.29, 0.717) is 16.3 Å². The van der Waals surface area contributed by atoms with Gasteiger partial charge in [-0.1, -0.05) is 35.9 Å². The molecule has 0 aliphatic rings. The lowest BCUT2D eigenvalue weighted by Gasteiger charge is -2.05. The van der Waals surface area contributed by atoms with Crippen molar-refractivity contribution in [2.75, 3.05) is 0 Å². The molecule has 0 spiro atoms. The van der Waals surface area contributed by atoms with Crippen molar-refractivity contribution in [2.45, 2.75) is 0 Å². The Morgan fingerprint density at radius 3 is 2.04 bits per heavy atom. The van der Waals surface area contributed by atoms with Crippen LogP contribution in [0.25, 0.3) is 33.6 Å². The SMILES string of the molecule is N#Cc1c(-c2ccc(Cl)cc2)[nH]c(-c2ccncc2)c1-c1ccc(F)cc1. The van der Waals surface area contributed by atoms with Gasteiger partial charge in [-0.3, -0.25) is 4.98 Å². The number of nitriles is 1. The lowest BCUT2D eigenvalue weighted by molar-refractivity contribution is 0.628. The quantitative estimate of drug-likeness (QED) is 0.473. The zero-order chi connectivity index (χ0) is 18.8. The predicted molar refractivity (Wildman–Crippen MR) is 105 cm³/mol. The van der Waals surface area contributed by atoms with Crippen LogP contribution in [0.2, 0.25) is 5.02 Å². The molecular formula is C22H13ClFN3. The van der Waals surface area contributed by atoms with Crippen LogP contribution in [0.3, 0.4) is 0 Å². The van der Waals surface area contributed by atoms with Crippen molar-refractivity contribution >= 4 is 11.6 Å². The molecule has 0 aliphatic heterocycles. The largest absolute Gasteiger partial charge is 0.353 e. The first kappa shape index (κ1) is 17.0. The molecule has 4 rings (SSSR count). The van der Waals surface area contributed by atoms with Gasteiger partial charge in [0.1, 0.15) is 11.9 Å². The average molecular weight is 374 g/mol. The first-order chi connectivity index (χ1) is 13.2. The molecule has 0 saturated carbocycles. The molecule has 0 bridgehead atoms. The number of hydrogen-bond acceptors (Lipinski definition) is 2. The van der Waals surface area contributed by atoms with Crippen molar-refractivity contribution in [2.24, 2.45) is 0 Å². The maximum absolute atomic E-state index is 13.4. The summed E-state index contributed by atoms with van der Waals surface area (Å²) in [5.74, 6) is -0.323. The van der Waals surface area contributed by atoms with Crippen LogP contribution in [0.4, 0.5) is 4.39 Å². The van der Waals surface area contributed by atoms with E-state index in [-0.39, 0.29) is 5.82 Å².